The average Bonchev–Trinajstić information content (AvgIpc) is 2.71. The number of fused-ring (bicyclic) bond motifs is 1. The van der Waals surface area contributed by atoms with Crippen molar-refractivity contribution in [1.82, 2.24) is 10.2 Å². The number of nitrogens with one attached hydrogen (secondary N) is 1. The van der Waals surface area contributed by atoms with Gasteiger partial charge in [-0.15, -0.1) is 0 Å². The summed E-state index contributed by atoms with van der Waals surface area (Å²) in [5, 5.41) is 3.51. The first-order valence-corrected chi connectivity index (χ1v) is 6.04. The minimum Gasteiger partial charge on any atom is -0.380 e. The van der Waals surface area contributed by atoms with E-state index >= 15 is 0 Å². The van der Waals surface area contributed by atoms with Crippen molar-refractivity contribution < 1.29 is 4.74 Å². The lowest BCUT2D eigenvalue weighted by Gasteiger charge is -2.36. The van der Waals surface area contributed by atoms with Crippen molar-refractivity contribution in [2.75, 3.05) is 33.3 Å². The van der Waals surface area contributed by atoms with Crippen LogP contribution in [0.5, 0.6) is 0 Å². The van der Waals surface area contributed by atoms with Gasteiger partial charge in [0.05, 0.1) is 6.10 Å². The highest BCUT2D eigenvalue weighted by Gasteiger charge is 2.49. The minimum absolute atomic E-state index is 0.334. The van der Waals surface area contributed by atoms with Gasteiger partial charge in [-0.1, -0.05) is 0 Å². The molecule has 1 N–H and O–H groups in total. The SMILES string of the molecule is COC(C)CN1CC2CNCC2C1(C)C. The number of likely N-dealkylation sites (tertiary alicyclic amines) is 1. The van der Waals surface area contributed by atoms with Crippen LogP contribution < -0.4 is 5.32 Å². The van der Waals surface area contributed by atoms with Gasteiger partial charge in [-0.2, -0.15) is 0 Å². The number of hydrogen-bond acceptors (Lipinski definition) is 3. The van der Waals surface area contributed by atoms with Crippen LogP contribution in [0.4, 0.5) is 0 Å². The summed E-state index contributed by atoms with van der Waals surface area (Å²) in [6.45, 7) is 11.6. The Morgan fingerprint density at radius 1 is 1.47 bits per heavy atom. The van der Waals surface area contributed by atoms with E-state index in [9.17, 15) is 0 Å². The first kappa shape index (κ1) is 11.4. The highest BCUT2D eigenvalue weighted by molar-refractivity contribution is 5.04. The number of hydrogen-bond donors (Lipinski definition) is 1. The quantitative estimate of drug-likeness (QED) is 0.754. The first-order valence-electron chi connectivity index (χ1n) is 6.04. The van der Waals surface area contributed by atoms with E-state index in [1.807, 2.05) is 0 Å². The molecule has 2 heterocycles. The number of rotatable bonds is 3. The van der Waals surface area contributed by atoms with Crippen LogP contribution in [0.15, 0.2) is 0 Å². The zero-order valence-corrected chi connectivity index (χ0v) is 10.4. The third-order valence-corrected chi connectivity index (χ3v) is 4.40. The average molecular weight is 212 g/mol. The van der Waals surface area contributed by atoms with Crippen LogP contribution in [-0.4, -0.2) is 49.8 Å². The molecular formula is C12H24N2O. The third kappa shape index (κ3) is 1.93. The summed E-state index contributed by atoms with van der Waals surface area (Å²) in [6, 6.07) is 0. The summed E-state index contributed by atoms with van der Waals surface area (Å²) in [7, 11) is 1.80. The van der Waals surface area contributed by atoms with Gasteiger partial charge in [0.15, 0.2) is 0 Å². The Labute approximate surface area is 93.2 Å². The van der Waals surface area contributed by atoms with Gasteiger partial charge in [0.25, 0.3) is 0 Å². The van der Waals surface area contributed by atoms with E-state index in [4.69, 9.17) is 4.74 Å². The van der Waals surface area contributed by atoms with Gasteiger partial charge < -0.3 is 10.1 Å². The van der Waals surface area contributed by atoms with Crippen molar-refractivity contribution in [3.8, 4) is 0 Å². The Balaban J connectivity index is 2.02. The Morgan fingerprint density at radius 3 is 2.80 bits per heavy atom. The summed E-state index contributed by atoms with van der Waals surface area (Å²) < 4.78 is 5.37. The highest BCUT2D eigenvalue weighted by Crippen LogP contribution is 2.40. The number of methoxy groups -OCH3 is 1. The van der Waals surface area contributed by atoms with Crippen LogP contribution in [0, 0.1) is 11.8 Å². The van der Waals surface area contributed by atoms with E-state index in [1.165, 1.54) is 19.6 Å². The molecule has 3 nitrogen and oxygen atoms in total. The van der Waals surface area contributed by atoms with E-state index in [0.717, 1.165) is 18.4 Å². The zero-order valence-electron chi connectivity index (χ0n) is 10.4. The molecule has 88 valence electrons. The molecule has 3 unspecified atom stereocenters. The van der Waals surface area contributed by atoms with E-state index in [0.29, 0.717) is 11.6 Å². The smallest absolute Gasteiger partial charge is 0.0670 e. The van der Waals surface area contributed by atoms with Crippen LogP contribution >= 0.6 is 0 Å². The molecule has 0 bridgehead atoms. The summed E-state index contributed by atoms with van der Waals surface area (Å²) >= 11 is 0. The molecule has 2 aliphatic rings. The second-order valence-corrected chi connectivity index (χ2v) is 5.63. The molecule has 0 amide bonds. The Hall–Kier alpha value is -0.120. The molecule has 3 atom stereocenters. The van der Waals surface area contributed by atoms with Gasteiger partial charge in [0.1, 0.15) is 0 Å². The molecule has 2 rings (SSSR count). The molecule has 0 aromatic carbocycles. The van der Waals surface area contributed by atoms with Gasteiger partial charge in [-0.3, -0.25) is 4.90 Å². The lowest BCUT2D eigenvalue weighted by molar-refractivity contribution is 0.0440. The fourth-order valence-corrected chi connectivity index (χ4v) is 3.20. The van der Waals surface area contributed by atoms with Gasteiger partial charge in [0.2, 0.25) is 0 Å². The highest BCUT2D eigenvalue weighted by atomic mass is 16.5. The standard InChI is InChI=1S/C12H24N2O/c1-9(15-4)7-14-8-10-5-13-6-11(10)12(14,2)3/h9-11,13H,5-8H2,1-4H3. The van der Waals surface area contributed by atoms with Gasteiger partial charge in [0, 0.05) is 32.3 Å². The molecule has 0 aromatic rings. The monoisotopic (exact) mass is 212 g/mol. The summed E-state index contributed by atoms with van der Waals surface area (Å²) in [6.07, 6.45) is 0.344. The summed E-state index contributed by atoms with van der Waals surface area (Å²) in [4.78, 5) is 2.61. The van der Waals surface area contributed by atoms with E-state index in [2.05, 4.69) is 31.0 Å². The van der Waals surface area contributed by atoms with Crippen molar-refractivity contribution in [2.24, 2.45) is 11.8 Å². The van der Waals surface area contributed by atoms with Gasteiger partial charge in [-0.25, -0.2) is 0 Å². The van der Waals surface area contributed by atoms with E-state index < -0.39 is 0 Å². The maximum Gasteiger partial charge on any atom is 0.0670 e. The van der Waals surface area contributed by atoms with Crippen molar-refractivity contribution in [2.45, 2.75) is 32.4 Å². The van der Waals surface area contributed by atoms with Crippen molar-refractivity contribution in [1.29, 1.82) is 0 Å². The lowest BCUT2D eigenvalue weighted by Crippen LogP contribution is -2.47. The second kappa shape index (κ2) is 4.04. The first-order chi connectivity index (χ1) is 7.05. The van der Waals surface area contributed by atoms with Crippen molar-refractivity contribution in [3.05, 3.63) is 0 Å². The molecule has 0 aliphatic carbocycles. The van der Waals surface area contributed by atoms with E-state index in [1.54, 1.807) is 7.11 Å². The number of ether oxygens (including phenoxy) is 1. The van der Waals surface area contributed by atoms with Crippen LogP contribution in [-0.2, 0) is 4.74 Å². The molecule has 3 heteroatoms. The van der Waals surface area contributed by atoms with Crippen molar-refractivity contribution in [3.63, 3.8) is 0 Å². The molecule has 0 saturated carbocycles. The maximum absolute atomic E-state index is 5.37. The molecule has 0 spiro atoms. The van der Waals surface area contributed by atoms with Gasteiger partial charge in [-0.05, 0) is 39.2 Å². The molecule has 15 heavy (non-hydrogen) atoms. The molecular weight excluding hydrogens is 188 g/mol. The molecule has 2 aliphatic heterocycles. The van der Waals surface area contributed by atoms with Gasteiger partial charge >= 0.3 is 0 Å². The normalized spacial score (nSPS) is 36.8. The predicted molar refractivity (Wildman–Crippen MR) is 62.0 cm³/mol. The van der Waals surface area contributed by atoms with E-state index in [-0.39, 0.29) is 0 Å². The fourth-order valence-electron chi connectivity index (χ4n) is 3.20. The van der Waals surface area contributed by atoms with Crippen molar-refractivity contribution >= 4 is 0 Å². The number of nitrogens with zero attached hydrogens (tertiary/aromatic N) is 1. The molecule has 0 radical (unpaired) electrons. The molecule has 2 saturated heterocycles. The Kier molecular flexibility index (Phi) is 3.06. The Morgan fingerprint density at radius 2 is 2.20 bits per heavy atom. The maximum atomic E-state index is 5.37. The lowest BCUT2D eigenvalue weighted by atomic mass is 9.85. The summed E-state index contributed by atoms with van der Waals surface area (Å²) in [5.74, 6) is 1.67. The van der Waals surface area contributed by atoms with Crippen LogP contribution in [0.1, 0.15) is 20.8 Å². The summed E-state index contributed by atoms with van der Waals surface area (Å²) in [5.41, 5.74) is 0.334. The topological polar surface area (TPSA) is 24.5 Å². The molecule has 0 aromatic heterocycles. The van der Waals surface area contributed by atoms with Crippen LogP contribution in [0.25, 0.3) is 0 Å². The Bertz CT molecular complexity index is 228. The third-order valence-electron chi connectivity index (χ3n) is 4.40. The zero-order chi connectivity index (χ0) is 11.1. The minimum atomic E-state index is 0.334. The predicted octanol–water partition coefficient (Wildman–Crippen LogP) is 0.951. The van der Waals surface area contributed by atoms with Crippen LogP contribution in [0.2, 0.25) is 0 Å². The van der Waals surface area contributed by atoms with Crippen LogP contribution in [0.3, 0.4) is 0 Å². The fraction of sp³-hybridized carbons (Fsp3) is 1.00. The molecule has 2 fully saturated rings. The second-order valence-electron chi connectivity index (χ2n) is 5.63. The largest absolute Gasteiger partial charge is 0.380 e.